The van der Waals surface area contributed by atoms with Gasteiger partial charge in [-0.15, -0.1) is 22.7 Å². The number of aryl methyl sites for hydroxylation is 1. The van der Waals surface area contributed by atoms with E-state index in [1.807, 2.05) is 25.3 Å². The number of hydrogen-bond acceptors (Lipinski definition) is 7. The van der Waals surface area contributed by atoms with Crippen molar-refractivity contribution in [3.8, 4) is 0 Å². The second-order valence-electron chi connectivity index (χ2n) is 5.71. The molecule has 0 atom stereocenters. The van der Waals surface area contributed by atoms with Gasteiger partial charge < -0.3 is 15.4 Å². The molecule has 8 heteroatoms. The Bertz CT molecular complexity index is 965. The molecule has 1 amide bonds. The molecule has 2 aromatic heterocycles. The predicted molar refractivity (Wildman–Crippen MR) is 110 cm³/mol. The normalized spacial score (nSPS) is 10.5. The van der Waals surface area contributed by atoms with Gasteiger partial charge in [-0.1, -0.05) is 6.07 Å². The standard InChI is InChI=1S/C19H19N3O3S2/c1-4-25-18(24)15-11(2)12(3)27-17(15)22-16(23)13-6-5-7-14(10-13)21-19-20-8-9-26-19/h5-10H,4H2,1-3H3,(H,20,21)(H,22,23). The summed E-state index contributed by atoms with van der Waals surface area (Å²) in [5.74, 6) is -0.710. The van der Waals surface area contributed by atoms with Gasteiger partial charge in [0.1, 0.15) is 5.00 Å². The lowest BCUT2D eigenvalue weighted by Gasteiger charge is -2.09. The summed E-state index contributed by atoms with van der Waals surface area (Å²) in [5.41, 5.74) is 2.49. The van der Waals surface area contributed by atoms with Crippen molar-refractivity contribution < 1.29 is 14.3 Å². The number of rotatable bonds is 6. The fourth-order valence-corrected chi connectivity index (χ4v) is 4.08. The summed E-state index contributed by atoms with van der Waals surface area (Å²) in [5, 5.41) is 9.14. The van der Waals surface area contributed by atoms with E-state index in [1.165, 1.54) is 22.7 Å². The van der Waals surface area contributed by atoms with Crippen molar-refractivity contribution in [1.82, 2.24) is 4.98 Å². The number of amides is 1. The molecule has 0 radical (unpaired) electrons. The van der Waals surface area contributed by atoms with Crippen LogP contribution in [-0.4, -0.2) is 23.5 Å². The molecule has 0 spiro atoms. The zero-order valence-corrected chi connectivity index (χ0v) is 16.8. The molecule has 2 heterocycles. The molecule has 0 aliphatic heterocycles. The molecule has 0 bridgehead atoms. The van der Waals surface area contributed by atoms with Crippen LogP contribution in [0.1, 0.15) is 38.1 Å². The summed E-state index contributed by atoms with van der Waals surface area (Å²) in [4.78, 5) is 30.1. The van der Waals surface area contributed by atoms with Crippen LogP contribution in [0.15, 0.2) is 35.8 Å². The van der Waals surface area contributed by atoms with Crippen LogP contribution in [0.5, 0.6) is 0 Å². The number of ether oxygens (including phenoxy) is 1. The Kier molecular flexibility index (Phi) is 5.88. The molecule has 3 rings (SSSR count). The maximum atomic E-state index is 12.7. The molecule has 27 heavy (non-hydrogen) atoms. The summed E-state index contributed by atoms with van der Waals surface area (Å²) < 4.78 is 5.13. The van der Waals surface area contributed by atoms with E-state index in [0.717, 1.165) is 21.3 Å². The number of hydrogen-bond donors (Lipinski definition) is 2. The Labute approximate surface area is 165 Å². The van der Waals surface area contributed by atoms with Crippen molar-refractivity contribution >= 4 is 50.4 Å². The van der Waals surface area contributed by atoms with E-state index in [0.29, 0.717) is 16.1 Å². The molecule has 3 aromatic rings. The number of thiophene rings is 1. The van der Waals surface area contributed by atoms with Crippen molar-refractivity contribution in [3.63, 3.8) is 0 Å². The highest BCUT2D eigenvalue weighted by Gasteiger charge is 2.22. The Balaban J connectivity index is 1.82. The van der Waals surface area contributed by atoms with E-state index in [2.05, 4.69) is 15.6 Å². The molecule has 0 unspecified atom stereocenters. The lowest BCUT2D eigenvalue weighted by atomic mass is 10.1. The van der Waals surface area contributed by atoms with E-state index in [4.69, 9.17) is 4.74 Å². The highest BCUT2D eigenvalue weighted by molar-refractivity contribution is 7.16. The number of carbonyl (C=O) groups excluding carboxylic acids is 2. The lowest BCUT2D eigenvalue weighted by molar-refractivity contribution is 0.0527. The minimum absolute atomic E-state index is 0.283. The first-order valence-corrected chi connectivity index (χ1v) is 10.0. The summed E-state index contributed by atoms with van der Waals surface area (Å²) in [7, 11) is 0. The van der Waals surface area contributed by atoms with Gasteiger partial charge >= 0.3 is 5.97 Å². The molecule has 0 aliphatic carbocycles. The van der Waals surface area contributed by atoms with Gasteiger partial charge in [0.15, 0.2) is 5.13 Å². The number of benzene rings is 1. The van der Waals surface area contributed by atoms with Gasteiger partial charge in [-0.25, -0.2) is 9.78 Å². The Morgan fingerprint density at radius 3 is 2.78 bits per heavy atom. The van der Waals surface area contributed by atoms with Crippen LogP contribution in [0, 0.1) is 13.8 Å². The van der Waals surface area contributed by atoms with E-state index in [1.54, 1.807) is 31.3 Å². The molecule has 0 saturated carbocycles. The van der Waals surface area contributed by atoms with Crippen molar-refractivity contribution in [2.45, 2.75) is 20.8 Å². The second kappa shape index (κ2) is 8.32. The van der Waals surface area contributed by atoms with Crippen molar-refractivity contribution in [2.24, 2.45) is 0 Å². The Morgan fingerprint density at radius 2 is 2.07 bits per heavy atom. The van der Waals surface area contributed by atoms with Crippen molar-refractivity contribution in [3.05, 3.63) is 57.4 Å². The first-order chi connectivity index (χ1) is 13.0. The van der Waals surface area contributed by atoms with Crippen LogP contribution < -0.4 is 10.6 Å². The van der Waals surface area contributed by atoms with Crippen LogP contribution >= 0.6 is 22.7 Å². The van der Waals surface area contributed by atoms with Gasteiger partial charge in [0.05, 0.1) is 12.2 Å². The quantitative estimate of drug-likeness (QED) is 0.569. The first kappa shape index (κ1) is 19.1. The lowest BCUT2D eigenvalue weighted by Crippen LogP contribution is -2.15. The van der Waals surface area contributed by atoms with Gasteiger partial charge in [0.2, 0.25) is 0 Å². The summed E-state index contributed by atoms with van der Waals surface area (Å²) in [6.07, 6.45) is 1.71. The highest BCUT2D eigenvalue weighted by Crippen LogP contribution is 2.33. The SMILES string of the molecule is CCOC(=O)c1c(NC(=O)c2cccc(Nc3nccs3)c2)sc(C)c1C. The first-order valence-electron chi connectivity index (χ1n) is 8.34. The van der Waals surface area contributed by atoms with Gasteiger partial charge in [-0.05, 0) is 44.5 Å². The van der Waals surface area contributed by atoms with Crippen LogP contribution in [0.3, 0.4) is 0 Å². The number of aromatic nitrogens is 1. The predicted octanol–water partition coefficient (Wildman–Crippen LogP) is 4.99. The van der Waals surface area contributed by atoms with E-state index < -0.39 is 5.97 Å². The smallest absolute Gasteiger partial charge is 0.341 e. The third-order valence-electron chi connectivity index (χ3n) is 3.90. The van der Waals surface area contributed by atoms with Crippen LogP contribution in [0.2, 0.25) is 0 Å². The maximum Gasteiger partial charge on any atom is 0.341 e. The number of thiazole rings is 1. The summed E-state index contributed by atoms with van der Waals surface area (Å²) in [6.45, 7) is 5.81. The summed E-state index contributed by atoms with van der Waals surface area (Å²) in [6, 6.07) is 7.12. The molecule has 2 N–H and O–H groups in total. The number of nitrogens with zero attached hydrogens (tertiary/aromatic N) is 1. The molecular formula is C19H19N3O3S2. The minimum Gasteiger partial charge on any atom is -0.462 e. The average Bonchev–Trinajstić information content (AvgIpc) is 3.24. The molecule has 0 saturated heterocycles. The molecule has 140 valence electrons. The van der Waals surface area contributed by atoms with Crippen molar-refractivity contribution in [1.29, 1.82) is 0 Å². The zero-order chi connectivity index (χ0) is 19.4. The topological polar surface area (TPSA) is 80.3 Å². The molecule has 0 aliphatic rings. The van der Waals surface area contributed by atoms with Crippen LogP contribution in [0.25, 0.3) is 0 Å². The number of carbonyl (C=O) groups is 2. The fraction of sp³-hybridized carbons (Fsp3) is 0.211. The minimum atomic E-state index is -0.422. The van der Waals surface area contributed by atoms with Gasteiger partial charge in [0, 0.05) is 27.7 Å². The molecule has 0 fully saturated rings. The van der Waals surface area contributed by atoms with E-state index in [9.17, 15) is 9.59 Å². The maximum absolute atomic E-state index is 12.7. The number of nitrogens with one attached hydrogen (secondary N) is 2. The number of anilines is 3. The second-order valence-corrected chi connectivity index (χ2v) is 7.82. The van der Waals surface area contributed by atoms with E-state index >= 15 is 0 Å². The van der Waals surface area contributed by atoms with Gasteiger partial charge in [0.25, 0.3) is 5.91 Å². The van der Waals surface area contributed by atoms with Crippen LogP contribution in [-0.2, 0) is 4.74 Å². The molecule has 6 nitrogen and oxygen atoms in total. The fourth-order valence-electron chi connectivity index (χ4n) is 2.49. The Hall–Kier alpha value is -2.71. The van der Waals surface area contributed by atoms with E-state index in [-0.39, 0.29) is 12.5 Å². The Morgan fingerprint density at radius 1 is 1.26 bits per heavy atom. The largest absolute Gasteiger partial charge is 0.462 e. The van der Waals surface area contributed by atoms with Crippen LogP contribution in [0.4, 0.5) is 15.8 Å². The summed E-state index contributed by atoms with van der Waals surface area (Å²) >= 11 is 2.85. The van der Waals surface area contributed by atoms with Gasteiger partial charge in [-0.2, -0.15) is 0 Å². The molecular weight excluding hydrogens is 382 g/mol. The highest BCUT2D eigenvalue weighted by atomic mass is 32.1. The molecule has 1 aromatic carbocycles. The van der Waals surface area contributed by atoms with Crippen molar-refractivity contribution in [2.75, 3.05) is 17.2 Å². The third-order valence-corrected chi connectivity index (χ3v) is 5.71. The average molecular weight is 402 g/mol. The third kappa shape index (κ3) is 4.35. The van der Waals surface area contributed by atoms with Gasteiger partial charge in [-0.3, -0.25) is 4.79 Å². The monoisotopic (exact) mass is 401 g/mol. The number of esters is 1. The zero-order valence-electron chi connectivity index (χ0n) is 15.2.